The molecule has 3 rings (SSSR count). The van der Waals surface area contributed by atoms with E-state index < -0.39 is 0 Å². The fourth-order valence-corrected chi connectivity index (χ4v) is 3.74. The zero-order chi connectivity index (χ0) is 18.4. The molecule has 0 spiro atoms. The van der Waals surface area contributed by atoms with Gasteiger partial charge in [-0.05, 0) is 57.2 Å². The first-order chi connectivity index (χ1) is 12.5. The molecule has 140 valence electrons. The van der Waals surface area contributed by atoms with Crippen molar-refractivity contribution in [2.75, 3.05) is 13.2 Å². The second-order valence-electron chi connectivity index (χ2n) is 7.78. The third-order valence-electron chi connectivity index (χ3n) is 5.13. The molecule has 1 aromatic heterocycles. The molecular weight excluding hydrogens is 326 g/mol. The Morgan fingerprint density at radius 3 is 2.73 bits per heavy atom. The lowest BCUT2D eigenvalue weighted by Gasteiger charge is -2.34. The second kappa shape index (κ2) is 8.54. The van der Waals surface area contributed by atoms with Crippen LogP contribution in [0.25, 0.3) is 0 Å². The SMILES string of the molecule is CC1(C)C[C@@H](C(=O)NCC[C@H](Cc2ccccc2)c2ccco2)CCO1. The van der Waals surface area contributed by atoms with E-state index in [1.807, 2.05) is 18.2 Å². The smallest absolute Gasteiger partial charge is 0.223 e. The van der Waals surface area contributed by atoms with E-state index in [0.29, 0.717) is 13.2 Å². The van der Waals surface area contributed by atoms with E-state index in [0.717, 1.165) is 31.4 Å². The standard InChI is InChI=1S/C22H29NO3/c1-22(2)16-19(11-14-26-22)21(24)23-12-10-18(20-9-6-13-25-20)15-17-7-4-3-5-8-17/h3-9,13,18-19H,10-12,14-16H2,1-2H3,(H,23,24)/t18-,19+/m1/s1. The topological polar surface area (TPSA) is 51.5 Å². The number of amides is 1. The van der Waals surface area contributed by atoms with Crippen LogP contribution >= 0.6 is 0 Å². The van der Waals surface area contributed by atoms with Gasteiger partial charge in [-0.1, -0.05) is 30.3 Å². The molecule has 1 aliphatic rings. The van der Waals surface area contributed by atoms with E-state index >= 15 is 0 Å². The monoisotopic (exact) mass is 355 g/mol. The Kier molecular flexibility index (Phi) is 6.15. The van der Waals surface area contributed by atoms with Crippen LogP contribution < -0.4 is 5.32 Å². The van der Waals surface area contributed by atoms with Gasteiger partial charge in [-0.2, -0.15) is 0 Å². The van der Waals surface area contributed by atoms with Crippen molar-refractivity contribution in [2.24, 2.45) is 5.92 Å². The summed E-state index contributed by atoms with van der Waals surface area (Å²) in [6, 6.07) is 14.4. The third-order valence-corrected chi connectivity index (χ3v) is 5.13. The van der Waals surface area contributed by atoms with Crippen molar-refractivity contribution in [3.05, 3.63) is 60.1 Å². The van der Waals surface area contributed by atoms with Crippen LogP contribution in [0.3, 0.4) is 0 Å². The predicted octanol–water partition coefficient (Wildman–Crippen LogP) is 4.32. The average molecular weight is 355 g/mol. The van der Waals surface area contributed by atoms with Gasteiger partial charge >= 0.3 is 0 Å². The predicted molar refractivity (Wildman–Crippen MR) is 102 cm³/mol. The number of benzene rings is 1. The van der Waals surface area contributed by atoms with Crippen LogP contribution in [0.2, 0.25) is 0 Å². The highest BCUT2D eigenvalue weighted by molar-refractivity contribution is 5.78. The number of hydrogen-bond donors (Lipinski definition) is 1. The van der Waals surface area contributed by atoms with Crippen molar-refractivity contribution < 1.29 is 13.9 Å². The minimum atomic E-state index is -0.204. The molecule has 0 unspecified atom stereocenters. The van der Waals surface area contributed by atoms with E-state index in [-0.39, 0.29) is 23.3 Å². The molecule has 1 aromatic carbocycles. The summed E-state index contributed by atoms with van der Waals surface area (Å²) in [5.74, 6) is 1.45. The lowest BCUT2D eigenvalue weighted by Crippen LogP contribution is -2.41. The maximum absolute atomic E-state index is 12.5. The summed E-state index contributed by atoms with van der Waals surface area (Å²) in [4.78, 5) is 12.5. The minimum absolute atomic E-state index is 0.0509. The maximum Gasteiger partial charge on any atom is 0.223 e. The number of nitrogens with one attached hydrogen (secondary N) is 1. The molecule has 0 radical (unpaired) electrons. The highest BCUT2D eigenvalue weighted by Crippen LogP contribution is 2.29. The average Bonchev–Trinajstić information content (AvgIpc) is 3.15. The van der Waals surface area contributed by atoms with E-state index in [2.05, 4.69) is 43.4 Å². The van der Waals surface area contributed by atoms with Gasteiger partial charge in [-0.3, -0.25) is 4.79 Å². The number of carbonyl (C=O) groups excluding carboxylic acids is 1. The molecule has 1 N–H and O–H groups in total. The van der Waals surface area contributed by atoms with E-state index in [1.165, 1.54) is 5.56 Å². The molecule has 2 atom stereocenters. The van der Waals surface area contributed by atoms with Crippen molar-refractivity contribution in [3.8, 4) is 0 Å². The zero-order valence-electron chi connectivity index (χ0n) is 15.7. The molecule has 0 aliphatic carbocycles. The second-order valence-corrected chi connectivity index (χ2v) is 7.78. The van der Waals surface area contributed by atoms with Crippen molar-refractivity contribution in [1.29, 1.82) is 0 Å². The minimum Gasteiger partial charge on any atom is -0.469 e. The Bertz CT molecular complexity index is 679. The van der Waals surface area contributed by atoms with Gasteiger partial charge in [0.05, 0.1) is 11.9 Å². The summed E-state index contributed by atoms with van der Waals surface area (Å²) in [5.41, 5.74) is 1.08. The Morgan fingerprint density at radius 1 is 1.23 bits per heavy atom. The van der Waals surface area contributed by atoms with Gasteiger partial charge in [-0.25, -0.2) is 0 Å². The summed E-state index contributed by atoms with van der Waals surface area (Å²) in [6.07, 6.45) is 5.08. The van der Waals surface area contributed by atoms with Gasteiger partial charge in [0.15, 0.2) is 0 Å². The summed E-state index contributed by atoms with van der Waals surface area (Å²) >= 11 is 0. The Hall–Kier alpha value is -2.07. The van der Waals surface area contributed by atoms with Crippen molar-refractivity contribution in [1.82, 2.24) is 5.32 Å². The lowest BCUT2D eigenvalue weighted by atomic mass is 9.87. The van der Waals surface area contributed by atoms with Crippen LogP contribution in [0, 0.1) is 5.92 Å². The van der Waals surface area contributed by atoms with Crippen LogP contribution in [-0.4, -0.2) is 24.7 Å². The van der Waals surface area contributed by atoms with Gasteiger partial charge in [0.25, 0.3) is 0 Å². The molecule has 26 heavy (non-hydrogen) atoms. The summed E-state index contributed by atoms with van der Waals surface area (Å²) in [5, 5.41) is 3.13. The number of carbonyl (C=O) groups is 1. The molecule has 4 heteroatoms. The Balaban J connectivity index is 1.54. The first-order valence-electron chi connectivity index (χ1n) is 9.52. The van der Waals surface area contributed by atoms with Gasteiger partial charge in [-0.15, -0.1) is 0 Å². The Morgan fingerprint density at radius 2 is 2.04 bits per heavy atom. The quantitative estimate of drug-likeness (QED) is 0.805. The van der Waals surface area contributed by atoms with Gasteiger partial charge < -0.3 is 14.5 Å². The van der Waals surface area contributed by atoms with Crippen LogP contribution in [0.15, 0.2) is 53.1 Å². The molecule has 1 amide bonds. The van der Waals surface area contributed by atoms with Crippen LogP contribution in [0.5, 0.6) is 0 Å². The largest absolute Gasteiger partial charge is 0.469 e. The highest BCUT2D eigenvalue weighted by atomic mass is 16.5. The number of ether oxygens (including phenoxy) is 1. The number of hydrogen-bond acceptors (Lipinski definition) is 3. The summed E-state index contributed by atoms with van der Waals surface area (Å²) in [6.45, 7) is 5.43. The number of rotatable bonds is 7. The number of furan rings is 1. The van der Waals surface area contributed by atoms with Crippen molar-refractivity contribution in [3.63, 3.8) is 0 Å². The molecule has 0 saturated carbocycles. The summed E-state index contributed by atoms with van der Waals surface area (Å²) in [7, 11) is 0. The molecule has 2 heterocycles. The summed E-state index contributed by atoms with van der Waals surface area (Å²) < 4.78 is 11.4. The maximum atomic E-state index is 12.5. The van der Waals surface area contributed by atoms with E-state index in [9.17, 15) is 4.79 Å². The van der Waals surface area contributed by atoms with Crippen LogP contribution in [0.1, 0.15) is 50.4 Å². The fourth-order valence-electron chi connectivity index (χ4n) is 3.74. The first kappa shape index (κ1) is 18.7. The van der Waals surface area contributed by atoms with E-state index in [1.54, 1.807) is 6.26 Å². The third kappa shape index (κ3) is 5.21. The lowest BCUT2D eigenvalue weighted by molar-refractivity contribution is -0.135. The molecule has 4 nitrogen and oxygen atoms in total. The zero-order valence-corrected chi connectivity index (χ0v) is 15.7. The molecule has 2 aromatic rings. The Labute approximate surface area is 155 Å². The first-order valence-corrected chi connectivity index (χ1v) is 9.52. The molecule has 1 aliphatic heterocycles. The molecular formula is C22H29NO3. The van der Waals surface area contributed by atoms with Crippen LogP contribution in [-0.2, 0) is 16.0 Å². The van der Waals surface area contributed by atoms with Gasteiger partial charge in [0, 0.05) is 25.0 Å². The van der Waals surface area contributed by atoms with E-state index in [4.69, 9.17) is 9.15 Å². The van der Waals surface area contributed by atoms with Crippen molar-refractivity contribution >= 4 is 5.91 Å². The van der Waals surface area contributed by atoms with Gasteiger partial charge in [0.2, 0.25) is 5.91 Å². The van der Waals surface area contributed by atoms with Crippen molar-refractivity contribution in [2.45, 2.75) is 51.0 Å². The van der Waals surface area contributed by atoms with Gasteiger partial charge in [0.1, 0.15) is 5.76 Å². The normalized spacial score (nSPS) is 20.5. The molecule has 0 bridgehead atoms. The molecule has 1 fully saturated rings. The highest BCUT2D eigenvalue weighted by Gasteiger charge is 2.32. The fraction of sp³-hybridized carbons (Fsp3) is 0.500. The van der Waals surface area contributed by atoms with Crippen LogP contribution in [0.4, 0.5) is 0 Å². The molecule has 1 saturated heterocycles.